The monoisotopic (exact) mass is 422 g/mol. The average molecular weight is 422 g/mol. The van der Waals surface area contributed by atoms with Crippen LogP contribution in [0.3, 0.4) is 0 Å². The molecule has 0 nitrogen and oxygen atoms in total. The molecule has 0 radical (unpaired) electrons. The molecule has 0 atom stereocenters. The summed E-state index contributed by atoms with van der Waals surface area (Å²) in [6, 6.07) is 14.3. The summed E-state index contributed by atoms with van der Waals surface area (Å²) in [4.78, 5) is 0. The fourth-order valence-corrected chi connectivity index (χ4v) is 4.33. The zero-order chi connectivity index (χ0) is 16.2. The van der Waals surface area contributed by atoms with Crippen LogP contribution in [0, 0.1) is 15.3 Å². The third-order valence-corrected chi connectivity index (χ3v) is 6.01. The molecule has 0 heterocycles. The Kier molecular flexibility index (Phi) is 5.73. The highest BCUT2D eigenvalue weighted by molar-refractivity contribution is 14.1. The second kappa shape index (κ2) is 7.78. The maximum absolute atomic E-state index is 13.4. The Bertz CT molecular complexity index is 639. The van der Waals surface area contributed by atoms with Gasteiger partial charge in [0.05, 0.1) is 0 Å². The van der Waals surface area contributed by atoms with E-state index < -0.39 is 0 Å². The van der Waals surface area contributed by atoms with E-state index in [0.29, 0.717) is 3.57 Å². The van der Waals surface area contributed by atoms with Crippen molar-refractivity contribution in [2.75, 3.05) is 0 Å². The first-order valence-corrected chi connectivity index (χ1v) is 9.80. The van der Waals surface area contributed by atoms with Gasteiger partial charge >= 0.3 is 0 Å². The van der Waals surface area contributed by atoms with Crippen LogP contribution in [0.15, 0.2) is 42.5 Å². The minimum Gasteiger partial charge on any atom is -0.206 e. The molecule has 0 amide bonds. The second-order valence-electron chi connectivity index (χ2n) is 6.76. The van der Waals surface area contributed by atoms with Crippen molar-refractivity contribution >= 4 is 22.6 Å². The van der Waals surface area contributed by atoms with Gasteiger partial charge in [0, 0.05) is 3.57 Å². The molecule has 0 aromatic heterocycles. The molecule has 23 heavy (non-hydrogen) atoms. The van der Waals surface area contributed by atoms with Gasteiger partial charge in [0.15, 0.2) is 0 Å². The number of benzene rings is 2. The van der Waals surface area contributed by atoms with Crippen LogP contribution in [-0.2, 0) is 0 Å². The van der Waals surface area contributed by atoms with Gasteiger partial charge in [-0.1, -0.05) is 50.1 Å². The summed E-state index contributed by atoms with van der Waals surface area (Å²) < 4.78 is 14.1. The number of hydrogen-bond acceptors (Lipinski definition) is 0. The van der Waals surface area contributed by atoms with Gasteiger partial charge in [-0.25, -0.2) is 4.39 Å². The van der Waals surface area contributed by atoms with Crippen LogP contribution < -0.4 is 0 Å². The Labute approximate surface area is 152 Å². The molecule has 0 aliphatic heterocycles. The molecule has 1 fully saturated rings. The molecule has 0 bridgehead atoms. The summed E-state index contributed by atoms with van der Waals surface area (Å²) in [5.41, 5.74) is 3.74. The maximum Gasteiger partial charge on any atom is 0.136 e. The summed E-state index contributed by atoms with van der Waals surface area (Å²) >= 11 is 2.05. The predicted molar refractivity (Wildman–Crippen MR) is 104 cm³/mol. The molecule has 1 aliphatic carbocycles. The van der Waals surface area contributed by atoms with Crippen molar-refractivity contribution in [1.29, 1.82) is 0 Å². The van der Waals surface area contributed by atoms with E-state index in [-0.39, 0.29) is 5.82 Å². The standard InChI is InChI=1S/C21H24FI/c1-2-3-15-4-6-16(7-5-15)17-8-10-18(11-9-17)19-12-13-20(22)21(23)14-19/h8-16H,2-7H2,1H3. The summed E-state index contributed by atoms with van der Waals surface area (Å²) in [5, 5.41) is 0. The van der Waals surface area contributed by atoms with Crippen LogP contribution in [-0.4, -0.2) is 0 Å². The van der Waals surface area contributed by atoms with Crippen LogP contribution in [0.5, 0.6) is 0 Å². The molecule has 1 saturated carbocycles. The topological polar surface area (TPSA) is 0 Å². The third-order valence-electron chi connectivity index (χ3n) is 5.18. The van der Waals surface area contributed by atoms with Gasteiger partial charge in [0.25, 0.3) is 0 Å². The van der Waals surface area contributed by atoms with Crippen LogP contribution in [0.2, 0.25) is 0 Å². The van der Waals surface area contributed by atoms with E-state index in [1.807, 2.05) is 12.1 Å². The lowest BCUT2D eigenvalue weighted by Gasteiger charge is -2.28. The van der Waals surface area contributed by atoms with Crippen LogP contribution in [0.25, 0.3) is 11.1 Å². The summed E-state index contributed by atoms with van der Waals surface area (Å²) in [6.45, 7) is 2.29. The largest absolute Gasteiger partial charge is 0.206 e. The Balaban J connectivity index is 1.69. The lowest BCUT2D eigenvalue weighted by molar-refractivity contribution is 0.308. The van der Waals surface area contributed by atoms with E-state index in [0.717, 1.165) is 17.4 Å². The molecule has 3 rings (SSSR count). The van der Waals surface area contributed by atoms with Crippen molar-refractivity contribution in [2.24, 2.45) is 5.92 Å². The first-order valence-electron chi connectivity index (χ1n) is 8.72. The van der Waals surface area contributed by atoms with Crippen LogP contribution >= 0.6 is 22.6 Å². The van der Waals surface area contributed by atoms with Crippen LogP contribution in [0.1, 0.15) is 56.9 Å². The molecule has 122 valence electrons. The first kappa shape index (κ1) is 16.9. The number of halogens is 2. The zero-order valence-electron chi connectivity index (χ0n) is 13.7. The fraction of sp³-hybridized carbons (Fsp3) is 0.429. The molecule has 2 aromatic carbocycles. The Hall–Kier alpha value is -0.900. The fourth-order valence-electron chi connectivity index (χ4n) is 3.82. The predicted octanol–water partition coefficient (Wildman–Crippen LogP) is 7.17. The van der Waals surface area contributed by atoms with Gasteiger partial charge in [0.1, 0.15) is 5.82 Å². The third kappa shape index (κ3) is 4.14. The van der Waals surface area contributed by atoms with Gasteiger partial charge in [-0.2, -0.15) is 0 Å². The van der Waals surface area contributed by atoms with Gasteiger partial charge in [0.2, 0.25) is 0 Å². The summed E-state index contributed by atoms with van der Waals surface area (Å²) in [5.74, 6) is 1.54. The molecule has 0 saturated heterocycles. The van der Waals surface area contributed by atoms with E-state index >= 15 is 0 Å². The highest BCUT2D eigenvalue weighted by Gasteiger charge is 2.21. The maximum atomic E-state index is 13.4. The Morgan fingerprint density at radius 1 is 0.957 bits per heavy atom. The molecule has 2 heteroatoms. The number of hydrogen-bond donors (Lipinski definition) is 0. The molecule has 1 aliphatic rings. The molecular weight excluding hydrogens is 398 g/mol. The van der Waals surface area contributed by atoms with E-state index in [2.05, 4.69) is 53.8 Å². The van der Waals surface area contributed by atoms with Crippen molar-refractivity contribution in [1.82, 2.24) is 0 Å². The second-order valence-corrected chi connectivity index (χ2v) is 7.92. The first-order chi connectivity index (χ1) is 11.2. The zero-order valence-corrected chi connectivity index (χ0v) is 15.9. The van der Waals surface area contributed by atoms with E-state index in [1.54, 1.807) is 6.07 Å². The normalized spacial score (nSPS) is 21.3. The quantitative estimate of drug-likeness (QED) is 0.458. The summed E-state index contributed by atoms with van der Waals surface area (Å²) in [6.07, 6.45) is 8.15. The molecule has 0 N–H and O–H groups in total. The SMILES string of the molecule is CCCC1CCC(c2ccc(-c3ccc(F)c(I)c3)cc2)CC1. The molecule has 0 unspecified atom stereocenters. The average Bonchev–Trinajstić information content (AvgIpc) is 2.59. The lowest BCUT2D eigenvalue weighted by atomic mass is 9.77. The smallest absolute Gasteiger partial charge is 0.136 e. The minimum absolute atomic E-state index is 0.144. The van der Waals surface area contributed by atoms with E-state index in [9.17, 15) is 4.39 Å². The van der Waals surface area contributed by atoms with E-state index in [1.165, 1.54) is 49.7 Å². The van der Waals surface area contributed by atoms with Gasteiger partial charge in [-0.3, -0.25) is 0 Å². The van der Waals surface area contributed by atoms with E-state index in [4.69, 9.17) is 0 Å². The highest BCUT2D eigenvalue weighted by Crippen LogP contribution is 2.38. The van der Waals surface area contributed by atoms with Crippen molar-refractivity contribution < 1.29 is 4.39 Å². The molecule has 0 spiro atoms. The number of rotatable bonds is 4. The Morgan fingerprint density at radius 3 is 2.22 bits per heavy atom. The molecular formula is C21H24FI. The van der Waals surface area contributed by atoms with Crippen molar-refractivity contribution in [3.05, 3.63) is 57.4 Å². The van der Waals surface area contributed by atoms with Crippen molar-refractivity contribution in [3.63, 3.8) is 0 Å². The van der Waals surface area contributed by atoms with Gasteiger partial charge < -0.3 is 0 Å². The minimum atomic E-state index is -0.144. The Morgan fingerprint density at radius 2 is 1.61 bits per heavy atom. The van der Waals surface area contributed by atoms with Gasteiger partial charge in [-0.15, -0.1) is 0 Å². The van der Waals surface area contributed by atoms with Crippen molar-refractivity contribution in [3.8, 4) is 11.1 Å². The van der Waals surface area contributed by atoms with Crippen molar-refractivity contribution in [2.45, 2.75) is 51.4 Å². The van der Waals surface area contributed by atoms with Gasteiger partial charge in [-0.05, 0) is 88.9 Å². The van der Waals surface area contributed by atoms with Crippen LogP contribution in [0.4, 0.5) is 4.39 Å². The lowest BCUT2D eigenvalue weighted by Crippen LogP contribution is -2.13. The highest BCUT2D eigenvalue weighted by atomic mass is 127. The summed E-state index contributed by atoms with van der Waals surface area (Å²) in [7, 11) is 0. The molecule has 2 aromatic rings.